The van der Waals surface area contributed by atoms with Crippen LogP contribution in [0.15, 0.2) is 0 Å². The molecule has 0 radical (unpaired) electrons. The Labute approximate surface area is 71.9 Å². The van der Waals surface area contributed by atoms with Gasteiger partial charge in [-0.25, -0.2) is 3.63 Å². The van der Waals surface area contributed by atoms with Crippen LogP contribution in [0.25, 0.3) is 0 Å². The number of hydrogen-bond acceptors (Lipinski definition) is 4. The molecule has 0 N–H and O–H groups in total. The second kappa shape index (κ2) is 4.17. The van der Waals surface area contributed by atoms with Crippen LogP contribution in [0.2, 0.25) is 0 Å². The van der Waals surface area contributed by atoms with Crippen LogP contribution >= 0.6 is 12.9 Å². The van der Waals surface area contributed by atoms with Crippen molar-refractivity contribution in [3.05, 3.63) is 0 Å². The van der Waals surface area contributed by atoms with Crippen molar-refractivity contribution in [2.45, 2.75) is 0 Å². The van der Waals surface area contributed by atoms with Crippen LogP contribution in [0, 0.1) is 0 Å². The fraction of sp³-hybridized carbons (Fsp3) is 1.00. The zero-order valence-corrected chi connectivity index (χ0v) is 7.79. The smallest absolute Gasteiger partial charge is 1.00 e. The molecule has 0 unspecified atom stereocenters. The van der Waals surface area contributed by atoms with E-state index in [2.05, 4.69) is 16.5 Å². The molecule has 0 aliphatic carbocycles. The molecule has 0 rings (SSSR count). The molecule has 0 aromatic rings. The van der Waals surface area contributed by atoms with Gasteiger partial charge in [-0.1, -0.05) is 0 Å². The van der Waals surface area contributed by atoms with E-state index in [1.54, 1.807) is 0 Å². The second-order valence-corrected chi connectivity index (χ2v) is 2.78. The molecule has 3 nitrogen and oxygen atoms in total. The SMILES string of the molecule is CS(=O)(=O)OS.[H-].[Na+]. The predicted molar refractivity (Wildman–Crippen MR) is 26.0 cm³/mol. The minimum Gasteiger partial charge on any atom is -1.00 e. The van der Waals surface area contributed by atoms with Crippen molar-refractivity contribution in [2.75, 3.05) is 6.26 Å². The van der Waals surface area contributed by atoms with Crippen molar-refractivity contribution >= 4 is 23.0 Å². The van der Waals surface area contributed by atoms with Gasteiger partial charge in [-0.3, -0.25) is 0 Å². The zero-order valence-electron chi connectivity index (χ0n) is 5.08. The topological polar surface area (TPSA) is 43.4 Å². The number of rotatable bonds is 1. The quantitative estimate of drug-likeness (QED) is 0.246. The first kappa shape index (κ1) is 11.1. The minimum absolute atomic E-state index is 0. The molecule has 0 spiro atoms. The van der Waals surface area contributed by atoms with Gasteiger partial charge in [0.15, 0.2) is 0 Å². The molecular weight excluding hydrogens is 147 g/mol. The van der Waals surface area contributed by atoms with Crippen LogP contribution in [0.5, 0.6) is 0 Å². The maximum Gasteiger partial charge on any atom is 1.00 e. The van der Waals surface area contributed by atoms with E-state index in [1.165, 1.54) is 0 Å². The molecule has 0 bridgehead atoms. The predicted octanol–water partition coefficient (Wildman–Crippen LogP) is -3.08. The molecule has 0 heterocycles. The van der Waals surface area contributed by atoms with Gasteiger partial charge < -0.3 is 1.43 Å². The van der Waals surface area contributed by atoms with Crippen molar-refractivity contribution in [1.82, 2.24) is 0 Å². The fourth-order valence-corrected chi connectivity index (χ4v) is 0. The molecule has 0 aromatic heterocycles. The molecule has 0 aliphatic heterocycles. The zero-order chi connectivity index (χ0) is 5.21. The van der Waals surface area contributed by atoms with E-state index < -0.39 is 10.1 Å². The van der Waals surface area contributed by atoms with Gasteiger partial charge in [0.2, 0.25) is 0 Å². The summed E-state index contributed by atoms with van der Waals surface area (Å²) in [4.78, 5) is 0. The van der Waals surface area contributed by atoms with E-state index in [9.17, 15) is 8.42 Å². The van der Waals surface area contributed by atoms with E-state index >= 15 is 0 Å². The standard InChI is InChI=1S/CH4O3S2.Na.H/c1-6(2,3)4-5;;/h5H,1H3;;/q;+1;-1. The summed E-state index contributed by atoms with van der Waals surface area (Å²) in [6, 6.07) is 0. The van der Waals surface area contributed by atoms with Crippen molar-refractivity contribution in [1.29, 1.82) is 0 Å². The van der Waals surface area contributed by atoms with Crippen LogP contribution in [-0.4, -0.2) is 14.7 Å². The van der Waals surface area contributed by atoms with Gasteiger partial charge in [-0.15, -0.1) is 0 Å². The molecule has 0 atom stereocenters. The van der Waals surface area contributed by atoms with E-state index in [1.807, 2.05) is 0 Å². The minimum atomic E-state index is -3.30. The van der Waals surface area contributed by atoms with Crippen molar-refractivity contribution in [3.8, 4) is 0 Å². The van der Waals surface area contributed by atoms with E-state index in [4.69, 9.17) is 0 Å². The van der Waals surface area contributed by atoms with Crippen LogP contribution in [0.3, 0.4) is 0 Å². The van der Waals surface area contributed by atoms with Crippen molar-refractivity contribution < 1.29 is 43.0 Å². The Hall–Kier alpha value is 1.26. The van der Waals surface area contributed by atoms with Crippen molar-refractivity contribution in [3.63, 3.8) is 0 Å². The molecule has 6 heteroatoms. The summed E-state index contributed by atoms with van der Waals surface area (Å²) in [5, 5.41) is 0. The normalized spacial score (nSPS) is 10.0. The molecule has 0 aliphatic rings. The summed E-state index contributed by atoms with van der Waals surface area (Å²) in [7, 11) is -3.30. The summed E-state index contributed by atoms with van der Waals surface area (Å²) in [5.74, 6) is 0. The molecule has 7 heavy (non-hydrogen) atoms. The molecule has 0 aromatic carbocycles. The largest absolute Gasteiger partial charge is 1.00 e. The van der Waals surface area contributed by atoms with Crippen LogP contribution < -0.4 is 29.6 Å². The third-order valence-electron chi connectivity index (χ3n) is 0.135. The molecule has 0 fully saturated rings. The average molecular weight is 152 g/mol. The summed E-state index contributed by atoms with van der Waals surface area (Å²) in [6.07, 6.45) is 0.917. The van der Waals surface area contributed by atoms with Gasteiger partial charge in [0.1, 0.15) is 0 Å². The van der Waals surface area contributed by atoms with E-state index in [0.29, 0.717) is 0 Å². The first-order chi connectivity index (χ1) is 2.56. The Morgan fingerprint density at radius 1 is 1.71 bits per heavy atom. The molecule has 40 valence electrons. The van der Waals surface area contributed by atoms with Crippen LogP contribution in [0.4, 0.5) is 0 Å². The third-order valence-corrected chi connectivity index (χ3v) is 1.22. The molecule has 0 amide bonds. The van der Waals surface area contributed by atoms with Gasteiger partial charge in [0, 0.05) is 0 Å². The van der Waals surface area contributed by atoms with E-state index in [-0.39, 0.29) is 31.0 Å². The first-order valence-corrected chi connectivity index (χ1v) is 3.27. The number of hydrogen-bond donors (Lipinski definition) is 1. The fourth-order valence-electron chi connectivity index (χ4n) is 0. The maximum atomic E-state index is 9.70. The summed E-state index contributed by atoms with van der Waals surface area (Å²) >= 11 is 3.01. The van der Waals surface area contributed by atoms with Crippen molar-refractivity contribution in [2.24, 2.45) is 0 Å². The first-order valence-electron chi connectivity index (χ1n) is 1.09. The third kappa shape index (κ3) is 11.1. The summed E-state index contributed by atoms with van der Waals surface area (Å²) in [5.41, 5.74) is 0. The monoisotopic (exact) mass is 152 g/mol. The molecule has 0 saturated heterocycles. The van der Waals surface area contributed by atoms with Gasteiger partial charge in [-0.05, 0) is 12.9 Å². The Morgan fingerprint density at radius 3 is 1.86 bits per heavy atom. The maximum absolute atomic E-state index is 9.70. The Kier molecular flexibility index (Phi) is 6.62. The van der Waals surface area contributed by atoms with Crippen LogP contribution in [0.1, 0.15) is 1.43 Å². The van der Waals surface area contributed by atoms with Gasteiger partial charge in [0.25, 0.3) is 10.1 Å². The summed E-state index contributed by atoms with van der Waals surface area (Å²) in [6.45, 7) is 0. The van der Waals surface area contributed by atoms with Gasteiger partial charge in [-0.2, -0.15) is 8.42 Å². The molecular formula is CH5NaO3S2. The molecule has 0 saturated carbocycles. The average Bonchev–Trinajstić information content (AvgIpc) is 1.35. The van der Waals surface area contributed by atoms with Crippen LogP contribution in [-0.2, 0) is 13.7 Å². The van der Waals surface area contributed by atoms with Gasteiger partial charge >= 0.3 is 29.6 Å². The Balaban J connectivity index is -0.000000125. The van der Waals surface area contributed by atoms with E-state index in [0.717, 1.165) is 6.26 Å². The Bertz CT molecular complexity index is 119. The number of thiol groups is 1. The second-order valence-electron chi connectivity index (χ2n) is 0.779. The van der Waals surface area contributed by atoms with Gasteiger partial charge in [0.05, 0.1) is 6.26 Å². The Morgan fingerprint density at radius 2 is 1.86 bits per heavy atom. The summed E-state index contributed by atoms with van der Waals surface area (Å²) < 4.78 is 23.0.